The van der Waals surface area contributed by atoms with Crippen LogP contribution in [0, 0.1) is 0 Å². The summed E-state index contributed by atoms with van der Waals surface area (Å²) in [5, 5.41) is 11.8. The van der Waals surface area contributed by atoms with Crippen LogP contribution in [0.5, 0.6) is 0 Å². The number of carbonyl (C=O) groups excluding carboxylic acids is 1. The van der Waals surface area contributed by atoms with E-state index in [0.29, 0.717) is 16.3 Å². The summed E-state index contributed by atoms with van der Waals surface area (Å²) in [7, 11) is 0. The van der Waals surface area contributed by atoms with Crippen molar-refractivity contribution < 1.29 is 14.7 Å². The molecule has 0 aliphatic carbocycles. The van der Waals surface area contributed by atoms with Gasteiger partial charge in [-0.3, -0.25) is 4.79 Å². The van der Waals surface area contributed by atoms with Gasteiger partial charge in [0.05, 0.1) is 5.57 Å². The van der Waals surface area contributed by atoms with Crippen molar-refractivity contribution in [2.24, 2.45) is 0 Å². The maximum atomic E-state index is 11.7. The summed E-state index contributed by atoms with van der Waals surface area (Å²) in [6, 6.07) is 6.33. The van der Waals surface area contributed by atoms with E-state index < -0.39 is 5.97 Å². The van der Waals surface area contributed by atoms with Crippen molar-refractivity contribution in [1.29, 1.82) is 0 Å². The number of amides is 1. The molecule has 1 aromatic carbocycles. The van der Waals surface area contributed by atoms with Crippen LogP contribution in [0.1, 0.15) is 24.2 Å². The highest BCUT2D eigenvalue weighted by molar-refractivity contribution is 6.30. The Balaban J connectivity index is 2.83. The molecule has 2 N–H and O–H groups in total. The van der Waals surface area contributed by atoms with E-state index >= 15 is 0 Å². The van der Waals surface area contributed by atoms with Crippen LogP contribution >= 0.6 is 11.6 Å². The number of hydrogen-bond donors (Lipinski definition) is 2. The van der Waals surface area contributed by atoms with Gasteiger partial charge in [0.2, 0.25) is 0 Å². The highest BCUT2D eigenvalue weighted by Crippen LogP contribution is 2.10. The normalized spacial score (nSPS) is 11.7. The van der Waals surface area contributed by atoms with E-state index in [4.69, 9.17) is 16.7 Å². The average Bonchev–Trinajstić information content (AvgIpc) is 2.28. The minimum Gasteiger partial charge on any atom is -0.478 e. The van der Waals surface area contributed by atoms with E-state index in [1.807, 2.05) is 0 Å². The number of hydrogen-bond acceptors (Lipinski definition) is 2. The fraction of sp³-hybridized carbons (Fsp3) is 0.167. The zero-order valence-corrected chi connectivity index (χ0v) is 10.2. The van der Waals surface area contributed by atoms with Crippen LogP contribution in [0.15, 0.2) is 35.5 Å². The van der Waals surface area contributed by atoms with E-state index in [1.165, 1.54) is 13.8 Å². The lowest BCUT2D eigenvalue weighted by molar-refractivity contribution is -0.132. The number of carboxylic acids is 1. The second-order valence-corrected chi connectivity index (χ2v) is 3.95. The molecule has 0 saturated carbocycles. The van der Waals surface area contributed by atoms with Gasteiger partial charge >= 0.3 is 5.97 Å². The first-order valence-electron chi connectivity index (χ1n) is 4.89. The first kappa shape index (κ1) is 13.3. The van der Waals surface area contributed by atoms with Gasteiger partial charge < -0.3 is 10.4 Å². The van der Waals surface area contributed by atoms with E-state index in [9.17, 15) is 9.59 Å². The summed E-state index contributed by atoms with van der Waals surface area (Å²) >= 11 is 5.70. The van der Waals surface area contributed by atoms with Gasteiger partial charge in [-0.25, -0.2) is 4.79 Å². The lowest BCUT2D eigenvalue weighted by Crippen LogP contribution is -2.23. The molecule has 0 aliphatic rings. The van der Waals surface area contributed by atoms with Gasteiger partial charge in [-0.2, -0.15) is 0 Å². The summed E-state index contributed by atoms with van der Waals surface area (Å²) in [5.74, 6) is -1.42. The van der Waals surface area contributed by atoms with Gasteiger partial charge in [-0.05, 0) is 38.1 Å². The smallest absolute Gasteiger partial charge is 0.333 e. The molecule has 0 saturated heterocycles. The number of aliphatic carboxylic acids is 1. The molecular formula is C12H12ClNO3. The third kappa shape index (κ3) is 3.60. The Morgan fingerprint density at radius 2 is 1.71 bits per heavy atom. The Morgan fingerprint density at radius 1 is 1.18 bits per heavy atom. The lowest BCUT2D eigenvalue weighted by atomic mass is 10.2. The standard InChI is InChI=1S/C12H12ClNO3/c1-7(12(16)17)8(2)14-11(15)9-3-5-10(13)6-4-9/h3-6H,1-2H3,(H,14,15)(H,16,17)/b8-7+. The van der Waals surface area contributed by atoms with Crippen LogP contribution in [0.2, 0.25) is 5.02 Å². The SMILES string of the molecule is C/C(NC(=O)c1ccc(Cl)cc1)=C(/C)C(=O)O. The van der Waals surface area contributed by atoms with Crippen molar-refractivity contribution in [2.75, 3.05) is 0 Å². The predicted octanol–water partition coefficient (Wildman–Crippen LogP) is 2.45. The zero-order chi connectivity index (χ0) is 13.0. The van der Waals surface area contributed by atoms with E-state index in [0.717, 1.165) is 0 Å². The number of allylic oxidation sites excluding steroid dienone is 1. The Bertz CT molecular complexity index is 477. The third-order valence-corrected chi connectivity index (χ3v) is 2.54. The van der Waals surface area contributed by atoms with Crippen LogP contribution in [0.3, 0.4) is 0 Å². The average molecular weight is 254 g/mol. The van der Waals surface area contributed by atoms with Crippen molar-refractivity contribution in [3.05, 3.63) is 46.1 Å². The van der Waals surface area contributed by atoms with Gasteiger partial charge in [-0.15, -0.1) is 0 Å². The number of halogens is 1. The zero-order valence-electron chi connectivity index (χ0n) is 9.45. The van der Waals surface area contributed by atoms with Crippen LogP contribution in [0.4, 0.5) is 0 Å². The monoisotopic (exact) mass is 253 g/mol. The summed E-state index contributed by atoms with van der Waals surface area (Å²) in [6.07, 6.45) is 0. The van der Waals surface area contributed by atoms with Crippen LogP contribution in [-0.4, -0.2) is 17.0 Å². The number of rotatable bonds is 3. The highest BCUT2D eigenvalue weighted by Gasteiger charge is 2.10. The number of carboxylic acid groups (broad SMARTS) is 1. The minimum absolute atomic E-state index is 0.104. The third-order valence-electron chi connectivity index (χ3n) is 2.29. The minimum atomic E-state index is -1.06. The van der Waals surface area contributed by atoms with Crippen LogP contribution in [0.25, 0.3) is 0 Å². The topological polar surface area (TPSA) is 66.4 Å². The Labute approximate surface area is 104 Å². The summed E-state index contributed by atoms with van der Waals surface area (Å²) < 4.78 is 0. The van der Waals surface area contributed by atoms with Gasteiger partial charge in [0.15, 0.2) is 0 Å². The molecule has 0 bridgehead atoms. The molecule has 4 nitrogen and oxygen atoms in total. The molecule has 0 fully saturated rings. The summed E-state index contributed by atoms with van der Waals surface area (Å²) in [6.45, 7) is 2.97. The lowest BCUT2D eigenvalue weighted by Gasteiger charge is -2.07. The Hall–Kier alpha value is -1.81. The van der Waals surface area contributed by atoms with Crippen molar-refractivity contribution in [3.63, 3.8) is 0 Å². The molecule has 5 heteroatoms. The fourth-order valence-electron chi connectivity index (χ4n) is 1.10. The van der Waals surface area contributed by atoms with E-state index in [1.54, 1.807) is 24.3 Å². The molecule has 0 radical (unpaired) electrons. The quantitative estimate of drug-likeness (QED) is 0.813. The van der Waals surface area contributed by atoms with Gasteiger partial charge in [0, 0.05) is 16.3 Å². The maximum Gasteiger partial charge on any atom is 0.333 e. The predicted molar refractivity (Wildman–Crippen MR) is 64.9 cm³/mol. The molecule has 0 aromatic heterocycles. The Kier molecular flexibility index (Phi) is 4.29. The first-order chi connectivity index (χ1) is 7.91. The molecule has 0 spiro atoms. The highest BCUT2D eigenvalue weighted by atomic mass is 35.5. The number of carbonyl (C=O) groups is 2. The van der Waals surface area contributed by atoms with Crippen LogP contribution < -0.4 is 5.32 Å². The molecule has 1 amide bonds. The second-order valence-electron chi connectivity index (χ2n) is 3.52. The Morgan fingerprint density at radius 3 is 2.18 bits per heavy atom. The fourth-order valence-corrected chi connectivity index (χ4v) is 1.22. The molecule has 90 valence electrons. The molecule has 0 atom stereocenters. The van der Waals surface area contributed by atoms with Gasteiger partial charge in [0.1, 0.15) is 0 Å². The van der Waals surface area contributed by atoms with E-state index in [2.05, 4.69) is 5.32 Å². The summed E-state index contributed by atoms with van der Waals surface area (Å²) in [4.78, 5) is 22.4. The summed E-state index contributed by atoms with van der Waals surface area (Å²) in [5.41, 5.74) is 0.844. The molecule has 0 heterocycles. The molecule has 0 aliphatic heterocycles. The van der Waals surface area contributed by atoms with Crippen molar-refractivity contribution in [2.45, 2.75) is 13.8 Å². The first-order valence-corrected chi connectivity index (χ1v) is 5.27. The second kappa shape index (κ2) is 5.50. The maximum absolute atomic E-state index is 11.7. The molecular weight excluding hydrogens is 242 g/mol. The number of nitrogens with one attached hydrogen (secondary N) is 1. The van der Waals surface area contributed by atoms with Gasteiger partial charge in [0.25, 0.3) is 5.91 Å². The number of benzene rings is 1. The van der Waals surface area contributed by atoms with Crippen molar-refractivity contribution in [3.8, 4) is 0 Å². The molecule has 1 aromatic rings. The van der Waals surface area contributed by atoms with Crippen molar-refractivity contribution in [1.82, 2.24) is 5.32 Å². The van der Waals surface area contributed by atoms with Gasteiger partial charge in [-0.1, -0.05) is 11.6 Å². The van der Waals surface area contributed by atoms with Crippen molar-refractivity contribution >= 4 is 23.5 Å². The molecule has 1 rings (SSSR count). The van der Waals surface area contributed by atoms with Crippen LogP contribution in [-0.2, 0) is 4.79 Å². The van der Waals surface area contributed by atoms with E-state index in [-0.39, 0.29) is 11.5 Å². The molecule has 17 heavy (non-hydrogen) atoms. The molecule has 0 unspecified atom stereocenters. The largest absolute Gasteiger partial charge is 0.478 e.